The highest BCUT2D eigenvalue weighted by Crippen LogP contribution is 2.21. The molecule has 0 aliphatic carbocycles. The lowest BCUT2D eigenvalue weighted by atomic mass is 9.94. The quantitative estimate of drug-likeness (QED) is 0.629. The van der Waals surface area contributed by atoms with Gasteiger partial charge in [0.2, 0.25) is 0 Å². The first-order chi connectivity index (χ1) is 9.97. The summed E-state index contributed by atoms with van der Waals surface area (Å²) in [5.41, 5.74) is 6.80. The van der Waals surface area contributed by atoms with Crippen molar-refractivity contribution in [2.45, 2.75) is 32.2 Å². The Kier molecular flexibility index (Phi) is 4.37. The second-order valence-corrected chi connectivity index (χ2v) is 5.25. The Labute approximate surface area is 123 Å². The molecule has 0 spiro atoms. The number of nitrogens with two attached hydrogens (primary N) is 1. The number of hydrogen-bond acceptors (Lipinski definition) is 5. The molecule has 0 amide bonds. The van der Waals surface area contributed by atoms with Crippen molar-refractivity contribution < 1.29 is 4.92 Å². The molecule has 112 valence electrons. The molecule has 2 rings (SSSR count). The zero-order valence-corrected chi connectivity index (χ0v) is 12.3. The van der Waals surface area contributed by atoms with Crippen LogP contribution in [0.15, 0.2) is 30.3 Å². The fourth-order valence-corrected chi connectivity index (χ4v) is 2.09. The Morgan fingerprint density at radius 1 is 1.29 bits per heavy atom. The van der Waals surface area contributed by atoms with Gasteiger partial charge in [-0.2, -0.15) is 0 Å². The molecular weight excluding hydrogens is 268 g/mol. The van der Waals surface area contributed by atoms with E-state index in [9.17, 15) is 10.1 Å². The Bertz CT molecular complexity index is 653. The van der Waals surface area contributed by atoms with Crippen LogP contribution in [0.2, 0.25) is 0 Å². The van der Waals surface area contributed by atoms with Crippen molar-refractivity contribution in [1.82, 2.24) is 4.98 Å². The van der Waals surface area contributed by atoms with Crippen LogP contribution in [0.4, 0.5) is 11.5 Å². The number of nitrogens with one attached hydrogen (secondary N) is 1. The van der Waals surface area contributed by atoms with Crippen molar-refractivity contribution in [2.75, 3.05) is 11.9 Å². The van der Waals surface area contributed by atoms with Crippen LogP contribution in [0.5, 0.6) is 0 Å². The van der Waals surface area contributed by atoms with Gasteiger partial charge in [0.1, 0.15) is 5.82 Å². The van der Waals surface area contributed by atoms with Crippen molar-refractivity contribution in [1.29, 1.82) is 0 Å². The number of benzene rings is 1. The summed E-state index contributed by atoms with van der Waals surface area (Å²) in [4.78, 5) is 14.8. The Hall–Kier alpha value is -2.21. The lowest BCUT2D eigenvalue weighted by molar-refractivity contribution is -0.384. The molecule has 0 bridgehead atoms. The summed E-state index contributed by atoms with van der Waals surface area (Å²) in [7, 11) is 0. The average Bonchev–Trinajstić information content (AvgIpc) is 2.51. The predicted molar refractivity (Wildman–Crippen MR) is 84.4 cm³/mol. The van der Waals surface area contributed by atoms with Crippen LogP contribution in [0.1, 0.15) is 26.7 Å². The molecule has 0 fully saturated rings. The molecule has 0 aliphatic heterocycles. The number of pyridine rings is 1. The number of rotatable bonds is 6. The molecule has 0 radical (unpaired) electrons. The van der Waals surface area contributed by atoms with Crippen molar-refractivity contribution in [2.24, 2.45) is 5.73 Å². The van der Waals surface area contributed by atoms with Gasteiger partial charge in [0, 0.05) is 29.6 Å². The van der Waals surface area contributed by atoms with E-state index in [0.717, 1.165) is 29.6 Å². The number of non-ortho nitro benzene ring substituents is 1. The van der Waals surface area contributed by atoms with Crippen molar-refractivity contribution in [3.05, 3.63) is 40.4 Å². The summed E-state index contributed by atoms with van der Waals surface area (Å²) in [6.45, 7) is 4.78. The van der Waals surface area contributed by atoms with E-state index in [1.54, 1.807) is 6.07 Å². The normalized spacial score (nSPS) is 11.6. The Morgan fingerprint density at radius 3 is 2.62 bits per heavy atom. The maximum atomic E-state index is 10.7. The number of nitrogens with zero attached hydrogens (tertiary/aromatic N) is 2. The SMILES string of the molecule is CCC(N)(CC)CNc1ccc2cc([N+](=O)[O-])ccc2n1. The third-order valence-electron chi connectivity index (χ3n) is 3.91. The Balaban J connectivity index is 2.20. The number of aromatic nitrogens is 1. The number of anilines is 1. The van der Waals surface area contributed by atoms with Gasteiger partial charge in [-0.15, -0.1) is 0 Å². The average molecular weight is 288 g/mol. The van der Waals surface area contributed by atoms with E-state index < -0.39 is 4.92 Å². The Morgan fingerprint density at radius 2 is 2.00 bits per heavy atom. The molecule has 6 heteroatoms. The summed E-state index contributed by atoms with van der Waals surface area (Å²) in [5, 5.41) is 14.7. The summed E-state index contributed by atoms with van der Waals surface area (Å²) in [6, 6.07) is 8.29. The first-order valence-electron chi connectivity index (χ1n) is 7.05. The zero-order chi connectivity index (χ0) is 15.5. The molecule has 3 N–H and O–H groups in total. The van der Waals surface area contributed by atoms with Gasteiger partial charge in [0.25, 0.3) is 5.69 Å². The van der Waals surface area contributed by atoms with Gasteiger partial charge in [-0.1, -0.05) is 13.8 Å². The lowest BCUT2D eigenvalue weighted by Gasteiger charge is -2.27. The van der Waals surface area contributed by atoms with E-state index in [1.807, 2.05) is 12.1 Å². The van der Waals surface area contributed by atoms with Gasteiger partial charge >= 0.3 is 0 Å². The molecule has 0 atom stereocenters. The van der Waals surface area contributed by atoms with Crippen LogP contribution >= 0.6 is 0 Å². The largest absolute Gasteiger partial charge is 0.368 e. The third-order valence-corrected chi connectivity index (χ3v) is 3.91. The fraction of sp³-hybridized carbons (Fsp3) is 0.400. The summed E-state index contributed by atoms with van der Waals surface area (Å²) < 4.78 is 0. The standard InChI is InChI=1S/C15H20N4O2/c1-3-15(16,4-2)10-17-14-8-5-11-9-12(19(20)21)6-7-13(11)18-14/h5-9H,3-4,10,16H2,1-2H3,(H,17,18). The molecular formula is C15H20N4O2. The summed E-state index contributed by atoms with van der Waals surface area (Å²) >= 11 is 0. The minimum Gasteiger partial charge on any atom is -0.368 e. The third kappa shape index (κ3) is 3.46. The topological polar surface area (TPSA) is 94.1 Å². The van der Waals surface area contributed by atoms with E-state index in [4.69, 9.17) is 5.73 Å². The minimum absolute atomic E-state index is 0.0722. The molecule has 1 aromatic carbocycles. The number of nitro groups is 1. The highest BCUT2D eigenvalue weighted by atomic mass is 16.6. The molecule has 0 saturated carbocycles. The monoisotopic (exact) mass is 288 g/mol. The molecule has 21 heavy (non-hydrogen) atoms. The number of fused-ring (bicyclic) bond motifs is 1. The van der Waals surface area contributed by atoms with Gasteiger partial charge in [-0.05, 0) is 31.0 Å². The maximum absolute atomic E-state index is 10.7. The van der Waals surface area contributed by atoms with E-state index in [1.165, 1.54) is 12.1 Å². The summed E-state index contributed by atoms with van der Waals surface area (Å²) in [6.07, 6.45) is 1.77. The highest BCUT2D eigenvalue weighted by molar-refractivity contribution is 5.82. The van der Waals surface area contributed by atoms with Gasteiger partial charge < -0.3 is 11.1 Å². The van der Waals surface area contributed by atoms with Crippen LogP contribution in [0, 0.1) is 10.1 Å². The number of nitro benzene ring substituents is 1. The molecule has 2 aromatic rings. The molecule has 6 nitrogen and oxygen atoms in total. The van der Waals surface area contributed by atoms with Crippen LogP contribution < -0.4 is 11.1 Å². The van der Waals surface area contributed by atoms with Crippen LogP contribution in [-0.4, -0.2) is 22.0 Å². The van der Waals surface area contributed by atoms with Crippen LogP contribution in [-0.2, 0) is 0 Å². The molecule has 0 saturated heterocycles. The minimum atomic E-state index is -0.406. The molecule has 1 heterocycles. The van der Waals surface area contributed by atoms with Gasteiger partial charge in [-0.25, -0.2) is 4.98 Å². The van der Waals surface area contributed by atoms with E-state index in [0.29, 0.717) is 6.54 Å². The van der Waals surface area contributed by atoms with Crippen LogP contribution in [0.25, 0.3) is 10.9 Å². The second-order valence-electron chi connectivity index (χ2n) is 5.25. The molecule has 0 unspecified atom stereocenters. The van der Waals surface area contributed by atoms with Crippen molar-refractivity contribution in [3.8, 4) is 0 Å². The van der Waals surface area contributed by atoms with Gasteiger partial charge in [-0.3, -0.25) is 10.1 Å². The van der Waals surface area contributed by atoms with E-state index >= 15 is 0 Å². The maximum Gasteiger partial charge on any atom is 0.270 e. The van der Waals surface area contributed by atoms with Crippen LogP contribution in [0.3, 0.4) is 0 Å². The second kappa shape index (κ2) is 6.05. The molecule has 0 aliphatic rings. The van der Waals surface area contributed by atoms with E-state index in [-0.39, 0.29) is 11.2 Å². The van der Waals surface area contributed by atoms with Crippen molar-refractivity contribution in [3.63, 3.8) is 0 Å². The lowest BCUT2D eigenvalue weighted by Crippen LogP contribution is -2.45. The zero-order valence-electron chi connectivity index (χ0n) is 12.3. The van der Waals surface area contributed by atoms with Gasteiger partial charge in [0.15, 0.2) is 0 Å². The summed E-state index contributed by atoms with van der Waals surface area (Å²) in [5.74, 6) is 0.730. The highest BCUT2D eigenvalue weighted by Gasteiger charge is 2.19. The van der Waals surface area contributed by atoms with Gasteiger partial charge in [0.05, 0.1) is 10.4 Å². The first kappa shape index (κ1) is 15.2. The van der Waals surface area contributed by atoms with Crippen molar-refractivity contribution >= 4 is 22.4 Å². The predicted octanol–water partition coefficient (Wildman–Crippen LogP) is 3.07. The van der Waals surface area contributed by atoms with E-state index in [2.05, 4.69) is 24.1 Å². The fourth-order valence-electron chi connectivity index (χ4n) is 2.09. The molecule has 1 aromatic heterocycles. The number of hydrogen-bond donors (Lipinski definition) is 2. The first-order valence-corrected chi connectivity index (χ1v) is 7.05. The smallest absolute Gasteiger partial charge is 0.270 e.